The van der Waals surface area contributed by atoms with Gasteiger partial charge in [0.2, 0.25) is 0 Å². The second kappa shape index (κ2) is 9.56. The minimum absolute atomic E-state index is 0. The summed E-state index contributed by atoms with van der Waals surface area (Å²) >= 11 is 1.30. The molecule has 0 aliphatic carbocycles. The zero-order valence-electron chi connectivity index (χ0n) is 14.5. The topological polar surface area (TPSA) is 73.5 Å². The van der Waals surface area contributed by atoms with Gasteiger partial charge >= 0.3 is 6.03 Å². The second-order valence-corrected chi connectivity index (χ2v) is 7.16. The number of anilines is 2. The van der Waals surface area contributed by atoms with E-state index in [0.29, 0.717) is 15.8 Å². The van der Waals surface area contributed by atoms with Gasteiger partial charge in [0.05, 0.1) is 9.88 Å². The largest absolute Gasteiger partial charge is 0.338 e. The number of amides is 3. The number of halogens is 1. The monoisotopic (exact) mass is 394 g/mol. The van der Waals surface area contributed by atoms with Crippen molar-refractivity contribution in [3.05, 3.63) is 47.3 Å². The van der Waals surface area contributed by atoms with Crippen molar-refractivity contribution in [1.29, 1.82) is 0 Å². The Hall–Kier alpha value is -2.09. The van der Waals surface area contributed by atoms with Crippen LogP contribution in [0.2, 0.25) is 0 Å². The Kier molecular flexibility index (Phi) is 7.44. The Bertz CT molecular complexity index is 738. The Morgan fingerprint density at radius 2 is 1.92 bits per heavy atom. The van der Waals surface area contributed by atoms with Crippen molar-refractivity contribution >= 4 is 46.4 Å². The summed E-state index contributed by atoms with van der Waals surface area (Å²) in [6.07, 6.45) is 1.03. The molecular weight excluding hydrogens is 372 g/mol. The SMILES string of the molecule is CNCC1CCN(C(=O)c2ccc(NC(=O)Nc3ccccc3)s2)C1.Cl. The lowest BCUT2D eigenvalue weighted by molar-refractivity contribution is 0.0792. The van der Waals surface area contributed by atoms with Gasteiger partial charge in [-0.25, -0.2) is 4.79 Å². The summed E-state index contributed by atoms with van der Waals surface area (Å²) < 4.78 is 0. The molecule has 1 aliphatic heterocycles. The predicted octanol–water partition coefficient (Wildman–Crippen LogP) is 3.50. The first-order valence-corrected chi connectivity index (χ1v) is 9.14. The van der Waals surface area contributed by atoms with Crippen molar-refractivity contribution in [3.63, 3.8) is 0 Å². The van der Waals surface area contributed by atoms with Crippen LogP contribution in [-0.2, 0) is 0 Å². The van der Waals surface area contributed by atoms with Crippen LogP contribution in [0.5, 0.6) is 0 Å². The van der Waals surface area contributed by atoms with Gasteiger partial charge in [0, 0.05) is 18.8 Å². The molecule has 3 N–H and O–H groups in total. The van der Waals surface area contributed by atoms with Crippen LogP contribution in [0.3, 0.4) is 0 Å². The third kappa shape index (κ3) is 5.20. The molecule has 1 aliphatic rings. The summed E-state index contributed by atoms with van der Waals surface area (Å²) in [6.45, 7) is 2.51. The molecule has 1 atom stereocenters. The molecule has 1 aromatic heterocycles. The molecule has 1 saturated heterocycles. The Balaban J connectivity index is 0.00000243. The molecule has 1 aromatic carbocycles. The van der Waals surface area contributed by atoms with Gasteiger partial charge in [-0.05, 0) is 50.2 Å². The third-order valence-corrected chi connectivity index (χ3v) is 5.14. The first-order valence-electron chi connectivity index (χ1n) is 8.32. The number of carbonyl (C=O) groups excluding carboxylic acids is 2. The summed E-state index contributed by atoms with van der Waals surface area (Å²) in [7, 11) is 1.93. The van der Waals surface area contributed by atoms with Crippen LogP contribution < -0.4 is 16.0 Å². The van der Waals surface area contributed by atoms with Gasteiger partial charge in [-0.15, -0.1) is 23.7 Å². The number of hydrogen-bond donors (Lipinski definition) is 3. The highest BCUT2D eigenvalue weighted by Crippen LogP contribution is 2.26. The number of hydrogen-bond acceptors (Lipinski definition) is 4. The molecule has 3 amide bonds. The average Bonchev–Trinajstić information content (AvgIpc) is 3.25. The van der Waals surface area contributed by atoms with Crippen molar-refractivity contribution < 1.29 is 9.59 Å². The van der Waals surface area contributed by atoms with Crippen molar-refractivity contribution in [2.75, 3.05) is 37.3 Å². The highest BCUT2D eigenvalue weighted by Gasteiger charge is 2.27. The Morgan fingerprint density at radius 1 is 1.15 bits per heavy atom. The number of nitrogens with zero attached hydrogens (tertiary/aromatic N) is 1. The molecule has 8 heteroatoms. The molecule has 0 spiro atoms. The molecule has 6 nitrogen and oxygen atoms in total. The average molecular weight is 395 g/mol. The standard InChI is InChI=1S/C18H22N4O2S.ClH/c1-19-11-13-9-10-22(12-13)17(23)15-7-8-16(25-15)21-18(24)20-14-5-3-2-4-6-14;/h2-8,13,19H,9-12H2,1H3,(H2,20,21,24);1H. The van der Waals surface area contributed by atoms with Crippen molar-refractivity contribution in [3.8, 4) is 0 Å². The number of nitrogens with one attached hydrogen (secondary N) is 3. The van der Waals surface area contributed by atoms with Crippen LogP contribution in [0.15, 0.2) is 42.5 Å². The second-order valence-electron chi connectivity index (χ2n) is 6.07. The fourth-order valence-electron chi connectivity index (χ4n) is 2.94. The van der Waals surface area contributed by atoms with Gasteiger partial charge in [-0.1, -0.05) is 18.2 Å². The van der Waals surface area contributed by atoms with E-state index in [0.717, 1.165) is 31.7 Å². The van der Waals surface area contributed by atoms with Gasteiger partial charge in [0.25, 0.3) is 5.91 Å². The molecular formula is C18H23ClN4O2S. The lowest BCUT2D eigenvalue weighted by Crippen LogP contribution is -2.29. The van der Waals surface area contributed by atoms with Crippen LogP contribution in [0, 0.1) is 5.92 Å². The van der Waals surface area contributed by atoms with Crippen LogP contribution >= 0.6 is 23.7 Å². The maximum Gasteiger partial charge on any atom is 0.324 e. The van der Waals surface area contributed by atoms with E-state index in [9.17, 15) is 9.59 Å². The van der Waals surface area contributed by atoms with Gasteiger partial charge < -0.3 is 15.5 Å². The molecule has 2 heterocycles. The van der Waals surface area contributed by atoms with E-state index >= 15 is 0 Å². The minimum atomic E-state index is -0.317. The molecule has 0 saturated carbocycles. The zero-order chi connectivity index (χ0) is 17.6. The molecule has 26 heavy (non-hydrogen) atoms. The molecule has 1 unspecified atom stereocenters. The van der Waals surface area contributed by atoms with E-state index in [-0.39, 0.29) is 24.3 Å². The first-order chi connectivity index (χ1) is 12.2. The predicted molar refractivity (Wildman–Crippen MR) is 109 cm³/mol. The number of thiophene rings is 1. The summed E-state index contributed by atoms with van der Waals surface area (Å²) in [5.74, 6) is 0.559. The van der Waals surface area contributed by atoms with E-state index in [4.69, 9.17) is 0 Å². The third-order valence-electron chi connectivity index (χ3n) is 4.15. The summed E-state index contributed by atoms with van der Waals surface area (Å²) in [6, 6.07) is 12.5. The highest BCUT2D eigenvalue weighted by molar-refractivity contribution is 7.18. The fraction of sp³-hybridized carbons (Fsp3) is 0.333. The van der Waals surface area contributed by atoms with Crippen molar-refractivity contribution in [2.24, 2.45) is 5.92 Å². The molecule has 0 bridgehead atoms. The van der Waals surface area contributed by atoms with Crippen molar-refractivity contribution in [1.82, 2.24) is 10.2 Å². The maximum absolute atomic E-state index is 12.6. The number of likely N-dealkylation sites (tertiary alicyclic amines) is 1. The smallest absolute Gasteiger partial charge is 0.324 e. The van der Waals surface area contributed by atoms with Crippen LogP contribution in [-0.4, -0.2) is 43.5 Å². The van der Waals surface area contributed by atoms with E-state index in [2.05, 4.69) is 16.0 Å². The fourth-order valence-corrected chi connectivity index (χ4v) is 3.81. The Labute approximate surface area is 163 Å². The van der Waals surface area contributed by atoms with E-state index < -0.39 is 0 Å². The molecule has 0 radical (unpaired) electrons. The molecule has 2 aromatic rings. The lowest BCUT2D eigenvalue weighted by Gasteiger charge is -2.15. The van der Waals surface area contributed by atoms with Crippen LogP contribution in [0.25, 0.3) is 0 Å². The normalized spacial score (nSPS) is 16.0. The quantitative estimate of drug-likeness (QED) is 0.726. The zero-order valence-corrected chi connectivity index (χ0v) is 16.2. The Morgan fingerprint density at radius 3 is 2.65 bits per heavy atom. The number of benzene rings is 1. The summed E-state index contributed by atoms with van der Waals surface area (Å²) in [5, 5.41) is 9.35. The first kappa shape index (κ1) is 20.2. The number of urea groups is 1. The highest BCUT2D eigenvalue weighted by atomic mass is 35.5. The van der Waals surface area contributed by atoms with E-state index in [1.54, 1.807) is 12.1 Å². The van der Waals surface area contributed by atoms with E-state index in [1.165, 1.54) is 11.3 Å². The lowest BCUT2D eigenvalue weighted by atomic mass is 10.1. The van der Waals surface area contributed by atoms with Crippen molar-refractivity contribution in [2.45, 2.75) is 6.42 Å². The molecule has 140 valence electrons. The van der Waals surface area contributed by atoms with Gasteiger partial charge in [0.1, 0.15) is 0 Å². The van der Waals surface area contributed by atoms with Crippen LogP contribution in [0.1, 0.15) is 16.1 Å². The molecule has 1 fully saturated rings. The number of para-hydroxylation sites is 1. The number of carbonyl (C=O) groups is 2. The maximum atomic E-state index is 12.6. The van der Waals surface area contributed by atoms with Gasteiger partial charge in [-0.2, -0.15) is 0 Å². The van der Waals surface area contributed by atoms with E-state index in [1.807, 2.05) is 42.3 Å². The summed E-state index contributed by atoms with van der Waals surface area (Å²) in [4.78, 5) is 27.1. The van der Waals surface area contributed by atoms with Gasteiger partial charge in [-0.3, -0.25) is 10.1 Å². The van der Waals surface area contributed by atoms with Crippen LogP contribution in [0.4, 0.5) is 15.5 Å². The number of rotatable bonds is 5. The van der Waals surface area contributed by atoms with Gasteiger partial charge in [0.15, 0.2) is 0 Å². The minimum Gasteiger partial charge on any atom is -0.338 e. The molecule has 3 rings (SSSR count). The summed E-state index contributed by atoms with van der Waals surface area (Å²) in [5.41, 5.74) is 0.723.